The average Bonchev–Trinajstić information content (AvgIpc) is 2.76. The lowest BCUT2D eigenvalue weighted by atomic mass is 10.3. The quantitative estimate of drug-likeness (QED) is 0.568. The third-order valence-corrected chi connectivity index (χ3v) is 4.88. The van der Waals surface area contributed by atoms with Crippen LogP contribution in [0.5, 0.6) is 0 Å². The van der Waals surface area contributed by atoms with E-state index in [9.17, 15) is 9.59 Å². The number of rotatable bonds is 1. The van der Waals surface area contributed by atoms with Crippen LogP contribution in [0.1, 0.15) is 6.42 Å². The first-order chi connectivity index (χ1) is 10.0. The molecule has 0 atom stereocenters. The lowest BCUT2D eigenvalue weighted by Crippen LogP contribution is -2.41. The van der Waals surface area contributed by atoms with Gasteiger partial charge in [0.15, 0.2) is 0 Å². The van der Waals surface area contributed by atoms with Gasteiger partial charge in [0.25, 0.3) is 0 Å². The maximum absolute atomic E-state index is 12.1. The minimum absolute atomic E-state index is 0.199. The van der Waals surface area contributed by atoms with Gasteiger partial charge in [-0.2, -0.15) is 0 Å². The number of anilines is 1. The lowest BCUT2D eigenvalue weighted by Gasteiger charge is -2.19. The second-order valence-electron chi connectivity index (χ2n) is 4.57. The van der Waals surface area contributed by atoms with E-state index in [0.29, 0.717) is 34.8 Å². The van der Waals surface area contributed by atoms with Gasteiger partial charge >= 0.3 is 11.8 Å². The highest BCUT2D eigenvalue weighted by Gasteiger charge is 2.23. The molecule has 2 N–H and O–H groups in total. The van der Waals surface area contributed by atoms with E-state index < -0.39 is 11.8 Å². The molecule has 1 aliphatic rings. The summed E-state index contributed by atoms with van der Waals surface area (Å²) in [6.45, 7) is 2.61. The summed E-state index contributed by atoms with van der Waals surface area (Å²) >= 11 is 15.3. The fourth-order valence-corrected chi connectivity index (χ4v) is 2.81. The first-order valence-corrected chi connectivity index (χ1v) is 8.00. The Bertz CT molecular complexity index is 561. The number of hydrogen-bond donors (Lipinski definition) is 2. The van der Waals surface area contributed by atoms with Crippen molar-refractivity contribution in [2.75, 3.05) is 31.5 Å². The molecule has 1 aromatic rings. The van der Waals surface area contributed by atoms with E-state index in [4.69, 9.17) is 23.2 Å². The van der Waals surface area contributed by atoms with Gasteiger partial charge in [0, 0.05) is 24.1 Å². The predicted molar refractivity (Wildman–Crippen MR) is 86.9 cm³/mol. The summed E-state index contributed by atoms with van der Waals surface area (Å²) in [7, 11) is 0. The topological polar surface area (TPSA) is 61.4 Å². The molecule has 1 heterocycles. The van der Waals surface area contributed by atoms with Crippen molar-refractivity contribution < 1.29 is 9.59 Å². The van der Waals surface area contributed by atoms with Crippen molar-refractivity contribution in [1.29, 1.82) is 0 Å². The first-order valence-electron chi connectivity index (χ1n) is 6.45. The fraction of sp³-hybridized carbons (Fsp3) is 0.385. The molecule has 5 nitrogen and oxygen atoms in total. The minimum atomic E-state index is -0.711. The van der Waals surface area contributed by atoms with Gasteiger partial charge in [0.1, 0.15) is 0 Å². The molecule has 0 aromatic heterocycles. The Balaban J connectivity index is 2.07. The van der Waals surface area contributed by atoms with Crippen molar-refractivity contribution in [3.63, 3.8) is 0 Å². The summed E-state index contributed by atoms with van der Waals surface area (Å²) in [5, 5.41) is 6.17. The molecule has 8 heteroatoms. The molecule has 1 saturated heterocycles. The molecular weight excluding hydrogens is 381 g/mol. The molecule has 0 aliphatic carbocycles. The van der Waals surface area contributed by atoms with Gasteiger partial charge < -0.3 is 15.5 Å². The van der Waals surface area contributed by atoms with Crippen LogP contribution in [0.4, 0.5) is 5.69 Å². The van der Waals surface area contributed by atoms with Gasteiger partial charge in [-0.25, -0.2) is 0 Å². The molecule has 1 aromatic carbocycles. The van der Waals surface area contributed by atoms with Gasteiger partial charge in [-0.15, -0.1) is 0 Å². The lowest BCUT2D eigenvalue weighted by molar-refractivity contribution is -0.143. The van der Waals surface area contributed by atoms with E-state index in [1.807, 2.05) is 0 Å². The second kappa shape index (κ2) is 7.45. The molecule has 114 valence electrons. The SMILES string of the molecule is O=C(Nc1ccc(Br)c(Cl)c1Cl)C(=O)N1CCCNCC1. The molecular formula is C13H14BrCl2N3O2. The van der Waals surface area contributed by atoms with Crippen molar-refractivity contribution in [2.45, 2.75) is 6.42 Å². The maximum atomic E-state index is 12.1. The van der Waals surface area contributed by atoms with Crippen LogP contribution in [0, 0.1) is 0 Å². The van der Waals surface area contributed by atoms with Gasteiger partial charge in [0.2, 0.25) is 0 Å². The summed E-state index contributed by atoms with van der Waals surface area (Å²) in [6, 6.07) is 3.25. The maximum Gasteiger partial charge on any atom is 0.313 e. The molecule has 1 aliphatic heterocycles. The molecule has 1 fully saturated rings. The second-order valence-corrected chi connectivity index (χ2v) is 6.18. The Morgan fingerprint density at radius 1 is 1.19 bits per heavy atom. The Morgan fingerprint density at radius 3 is 2.71 bits per heavy atom. The highest BCUT2D eigenvalue weighted by molar-refractivity contribution is 9.10. The van der Waals surface area contributed by atoms with Gasteiger partial charge in [0.05, 0.1) is 15.7 Å². The molecule has 0 radical (unpaired) electrons. The minimum Gasteiger partial charge on any atom is -0.333 e. The standard InChI is InChI=1S/C13H14BrCl2N3O2/c14-8-2-3-9(11(16)10(8)15)18-12(20)13(21)19-6-1-4-17-5-7-19/h2-3,17H,1,4-7H2,(H,18,20). The molecule has 0 bridgehead atoms. The van der Waals surface area contributed by atoms with Crippen molar-refractivity contribution >= 4 is 56.6 Å². The smallest absolute Gasteiger partial charge is 0.313 e. The first kappa shape index (κ1) is 16.5. The van der Waals surface area contributed by atoms with E-state index in [1.165, 1.54) is 4.90 Å². The van der Waals surface area contributed by atoms with Crippen LogP contribution >= 0.6 is 39.1 Å². The highest BCUT2D eigenvalue weighted by atomic mass is 79.9. The zero-order valence-electron chi connectivity index (χ0n) is 11.1. The number of amides is 2. The molecule has 0 unspecified atom stereocenters. The van der Waals surface area contributed by atoms with Gasteiger partial charge in [-0.05, 0) is 41.0 Å². The van der Waals surface area contributed by atoms with E-state index in [1.54, 1.807) is 12.1 Å². The Labute approximate surface area is 141 Å². The number of halogens is 3. The Morgan fingerprint density at radius 2 is 1.95 bits per heavy atom. The number of nitrogens with one attached hydrogen (secondary N) is 2. The van der Waals surface area contributed by atoms with Crippen LogP contribution < -0.4 is 10.6 Å². The van der Waals surface area contributed by atoms with Crippen molar-refractivity contribution in [3.05, 3.63) is 26.7 Å². The monoisotopic (exact) mass is 393 g/mol. The Kier molecular flexibility index (Phi) is 5.87. The average molecular weight is 395 g/mol. The number of benzene rings is 1. The van der Waals surface area contributed by atoms with Gasteiger partial charge in [-0.3, -0.25) is 9.59 Å². The highest BCUT2D eigenvalue weighted by Crippen LogP contribution is 2.35. The van der Waals surface area contributed by atoms with E-state index in [-0.39, 0.29) is 5.02 Å². The van der Waals surface area contributed by atoms with Crippen LogP contribution in [0.2, 0.25) is 10.0 Å². The predicted octanol–water partition coefficient (Wildman–Crippen LogP) is 2.52. The van der Waals surface area contributed by atoms with E-state index in [2.05, 4.69) is 26.6 Å². The van der Waals surface area contributed by atoms with E-state index >= 15 is 0 Å². The van der Waals surface area contributed by atoms with Crippen LogP contribution in [-0.2, 0) is 9.59 Å². The van der Waals surface area contributed by atoms with Crippen molar-refractivity contribution in [2.24, 2.45) is 0 Å². The molecule has 21 heavy (non-hydrogen) atoms. The number of carbonyl (C=O) groups excluding carboxylic acids is 2. The Hall–Kier alpha value is -0.820. The third-order valence-electron chi connectivity index (χ3n) is 3.10. The van der Waals surface area contributed by atoms with Crippen LogP contribution in [0.15, 0.2) is 16.6 Å². The molecule has 0 spiro atoms. The fourth-order valence-electron chi connectivity index (χ4n) is 1.99. The molecule has 2 rings (SSSR count). The summed E-state index contributed by atoms with van der Waals surface area (Å²) in [6.07, 6.45) is 0.823. The zero-order valence-corrected chi connectivity index (χ0v) is 14.2. The van der Waals surface area contributed by atoms with Crippen molar-refractivity contribution in [1.82, 2.24) is 10.2 Å². The molecule has 2 amide bonds. The largest absolute Gasteiger partial charge is 0.333 e. The number of hydrogen-bond acceptors (Lipinski definition) is 3. The summed E-state index contributed by atoms with van der Waals surface area (Å²) in [5.41, 5.74) is 0.316. The normalized spacial score (nSPS) is 15.5. The number of nitrogens with zero attached hydrogens (tertiary/aromatic N) is 1. The number of carbonyl (C=O) groups is 2. The zero-order chi connectivity index (χ0) is 15.4. The third kappa shape index (κ3) is 4.10. The molecule has 0 saturated carbocycles. The van der Waals surface area contributed by atoms with Crippen LogP contribution in [0.3, 0.4) is 0 Å². The van der Waals surface area contributed by atoms with E-state index in [0.717, 1.165) is 13.0 Å². The summed E-state index contributed by atoms with van der Waals surface area (Å²) in [5.74, 6) is -1.27. The summed E-state index contributed by atoms with van der Waals surface area (Å²) < 4.78 is 0.622. The van der Waals surface area contributed by atoms with Gasteiger partial charge in [-0.1, -0.05) is 23.2 Å². The summed E-state index contributed by atoms with van der Waals surface area (Å²) in [4.78, 5) is 25.7. The van der Waals surface area contributed by atoms with Crippen molar-refractivity contribution in [3.8, 4) is 0 Å². The van der Waals surface area contributed by atoms with Crippen LogP contribution in [-0.4, -0.2) is 42.9 Å². The van der Waals surface area contributed by atoms with Crippen LogP contribution in [0.25, 0.3) is 0 Å².